The molecule has 4 heteroatoms. The second-order valence-electron chi connectivity index (χ2n) is 6.22. The molecule has 118 valence electrons. The molecular weight excluding hydrogens is 290 g/mol. The van der Waals surface area contributed by atoms with E-state index in [0.29, 0.717) is 18.4 Å². The lowest BCUT2D eigenvalue weighted by Gasteiger charge is -2.12. The van der Waals surface area contributed by atoms with Gasteiger partial charge in [0.25, 0.3) is 0 Å². The van der Waals surface area contributed by atoms with E-state index >= 15 is 0 Å². The minimum Gasteiger partial charge on any atom is -0.477 e. The molecule has 2 aromatic carbocycles. The molecule has 0 saturated carbocycles. The quantitative estimate of drug-likeness (QED) is 0.663. The normalized spacial score (nSPS) is 13.2. The summed E-state index contributed by atoms with van der Waals surface area (Å²) >= 11 is 0. The van der Waals surface area contributed by atoms with Crippen molar-refractivity contribution in [3.8, 4) is 17.4 Å². The summed E-state index contributed by atoms with van der Waals surface area (Å²) < 4.78 is 17.0. The number of benzene rings is 2. The highest BCUT2D eigenvalue weighted by Gasteiger charge is 2.18. The second-order valence-corrected chi connectivity index (χ2v) is 6.22. The fourth-order valence-electron chi connectivity index (χ4n) is 2.81. The highest BCUT2D eigenvalue weighted by Crippen LogP contribution is 2.41. The molecule has 1 aliphatic rings. The molecule has 4 nitrogen and oxygen atoms in total. The van der Waals surface area contributed by atoms with E-state index in [-0.39, 0.29) is 6.79 Å². The van der Waals surface area contributed by atoms with Crippen molar-refractivity contribution in [2.45, 2.75) is 20.3 Å². The lowest BCUT2D eigenvalue weighted by atomic mass is 10.1. The van der Waals surface area contributed by atoms with Crippen LogP contribution in [0.5, 0.6) is 17.4 Å². The molecule has 0 unspecified atom stereocenters. The Morgan fingerprint density at radius 2 is 1.78 bits per heavy atom. The molecule has 1 aliphatic heterocycles. The summed E-state index contributed by atoms with van der Waals surface area (Å²) in [5.41, 5.74) is 0.929. The topological polar surface area (TPSA) is 40.6 Å². The Balaban J connectivity index is 1.88. The summed E-state index contributed by atoms with van der Waals surface area (Å²) in [5.74, 6) is 2.80. The summed E-state index contributed by atoms with van der Waals surface area (Å²) in [6, 6.07) is 12.1. The summed E-state index contributed by atoms with van der Waals surface area (Å²) in [5, 5.41) is 3.15. The van der Waals surface area contributed by atoms with Gasteiger partial charge in [0.1, 0.15) is 0 Å². The SMILES string of the molecule is CC(C)CCOc1nc2ccccc2c2cc3c(cc12)OCO3. The van der Waals surface area contributed by atoms with Gasteiger partial charge >= 0.3 is 0 Å². The Bertz CT molecular complexity index is 873. The van der Waals surface area contributed by atoms with Crippen LogP contribution in [-0.4, -0.2) is 18.4 Å². The van der Waals surface area contributed by atoms with Crippen LogP contribution in [0.25, 0.3) is 21.7 Å². The molecule has 0 bridgehead atoms. The monoisotopic (exact) mass is 309 g/mol. The van der Waals surface area contributed by atoms with Gasteiger partial charge in [-0.1, -0.05) is 32.0 Å². The van der Waals surface area contributed by atoms with Crippen molar-refractivity contribution >= 4 is 21.7 Å². The third-order valence-electron chi connectivity index (χ3n) is 4.09. The highest BCUT2D eigenvalue weighted by molar-refractivity contribution is 6.09. The lowest BCUT2D eigenvalue weighted by molar-refractivity contribution is 0.174. The number of hydrogen-bond acceptors (Lipinski definition) is 4. The molecule has 0 amide bonds. The predicted molar refractivity (Wildman–Crippen MR) is 90.3 cm³/mol. The Morgan fingerprint density at radius 3 is 2.57 bits per heavy atom. The van der Waals surface area contributed by atoms with Crippen molar-refractivity contribution in [3.63, 3.8) is 0 Å². The van der Waals surface area contributed by atoms with Crippen LogP contribution in [0.2, 0.25) is 0 Å². The van der Waals surface area contributed by atoms with Gasteiger partial charge < -0.3 is 14.2 Å². The van der Waals surface area contributed by atoms with Crippen LogP contribution in [0.1, 0.15) is 20.3 Å². The number of para-hydroxylation sites is 1. The number of hydrogen-bond donors (Lipinski definition) is 0. The molecule has 0 radical (unpaired) electrons. The van der Waals surface area contributed by atoms with Gasteiger partial charge in [-0.05, 0) is 30.5 Å². The Hall–Kier alpha value is -2.49. The van der Waals surface area contributed by atoms with Gasteiger partial charge in [-0.3, -0.25) is 0 Å². The van der Waals surface area contributed by atoms with E-state index in [9.17, 15) is 0 Å². The Kier molecular flexibility index (Phi) is 3.45. The number of aromatic nitrogens is 1. The molecule has 0 atom stereocenters. The van der Waals surface area contributed by atoms with Crippen molar-refractivity contribution in [3.05, 3.63) is 36.4 Å². The van der Waals surface area contributed by atoms with E-state index in [2.05, 4.69) is 19.9 Å². The number of nitrogens with zero attached hydrogens (tertiary/aromatic N) is 1. The summed E-state index contributed by atoms with van der Waals surface area (Å²) in [6.07, 6.45) is 1.00. The van der Waals surface area contributed by atoms with Crippen molar-refractivity contribution in [2.75, 3.05) is 13.4 Å². The molecule has 23 heavy (non-hydrogen) atoms. The molecule has 3 aromatic rings. The van der Waals surface area contributed by atoms with Gasteiger partial charge in [-0.15, -0.1) is 0 Å². The molecule has 0 fully saturated rings. The molecule has 1 aromatic heterocycles. The highest BCUT2D eigenvalue weighted by atomic mass is 16.7. The third kappa shape index (κ3) is 2.54. The largest absolute Gasteiger partial charge is 0.477 e. The molecule has 0 saturated heterocycles. The van der Waals surface area contributed by atoms with E-state index in [1.165, 1.54) is 0 Å². The maximum atomic E-state index is 5.99. The van der Waals surface area contributed by atoms with E-state index in [1.807, 2.05) is 30.3 Å². The fourth-order valence-corrected chi connectivity index (χ4v) is 2.81. The molecule has 2 heterocycles. The van der Waals surface area contributed by atoms with Crippen molar-refractivity contribution < 1.29 is 14.2 Å². The van der Waals surface area contributed by atoms with Crippen LogP contribution in [0.4, 0.5) is 0 Å². The average Bonchev–Trinajstić information content (AvgIpc) is 3.00. The number of rotatable bonds is 4. The predicted octanol–water partition coefficient (Wildman–Crippen LogP) is 4.54. The van der Waals surface area contributed by atoms with Crippen molar-refractivity contribution in [1.29, 1.82) is 0 Å². The summed E-state index contributed by atoms with van der Waals surface area (Å²) in [4.78, 5) is 4.71. The number of ether oxygens (including phenoxy) is 3. The summed E-state index contributed by atoms with van der Waals surface area (Å²) in [6.45, 7) is 5.30. The first kappa shape index (κ1) is 14.1. The Labute approximate surface area is 135 Å². The van der Waals surface area contributed by atoms with Crippen LogP contribution in [-0.2, 0) is 0 Å². The minimum atomic E-state index is 0.264. The molecule has 4 rings (SSSR count). The van der Waals surface area contributed by atoms with Crippen LogP contribution < -0.4 is 14.2 Å². The van der Waals surface area contributed by atoms with Gasteiger partial charge in [0, 0.05) is 16.2 Å². The average molecular weight is 309 g/mol. The maximum absolute atomic E-state index is 5.99. The van der Waals surface area contributed by atoms with Crippen LogP contribution in [0, 0.1) is 5.92 Å². The third-order valence-corrected chi connectivity index (χ3v) is 4.09. The first-order valence-corrected chi connectivity index (χ1v) is 7.97. The number of pyridine rings is 1. The van der Waals surface area contributed by atoms with Gasteiger partial charge in [0.2, 0.25) is 12.7 Å². The Morgan fingerprint density at radius 1 is 1.04 bits per heavy atom. The zero-order valence-electron chi connectivity index (χ0n) is 13.3. The van der Waals surface area contributed by atoms with Crippen LogP contribution in [0.15, 0.2) is 36.4 Å². The first-order valence-electron chi connectivity index (χ1n) is 7.97. The van der Waals surface area contributed by atoms with E-state index in [4.69, 9.17) is 19.2 Å². The number of fused-ring (bicyclic) bond motifs is 4. The van der Waals surface area contributed by atoms with Crippen molar-refractivity contribution in [1.82, 2.24) is 4.98 Å². The van der Waals surface area contributed by atoms with E-state index in [1.54, 1.807) is 0 Å². The van der Waals surface area contributed by atoms with E-state index in [0.717, 1.165) is 39.6 Å². The zero-order chi connectivity index (χ0) is 15.8. The van der Waals surface area contributed by atoms with Gasteiger partial charge in [-0.25, -0.2) is 4.98 Å². The molecule has 0 spiro atoms. The van der Waals surface area contributed by atoms with E-state index < -0.39 is 0 Å². The lowest BCUT2D eigenvalue weighted by Crippen LogP contribution is -2.03. The van der Waals surface area contributed by atoms with Gasteiger partial charge in [0.15, 0.2) is 11.5 Å². The van der Waals surface area contributed by atoms with Gasteiger partial charge in [-0.2, -0.15) is 0 Å². The molecule has 0 N–H and O–H groups in total. The fraction of sp³-hybridized carbons (Fsp3) is 0.316. The smallest absolute Gasteiger partial charge is 0.231 e. The first-order chi connectivity index (χ1) is 11.2. The zero-order valence-corrected chi connectivity index (χ0v) is 13.3. The molecular formula is C19H19NO3. The summed E-state index contributed by atoms with van der Waals surface area (Å²) in [7, 11) is 0. The van der Waals surface area contributed by atoms with Gasteiger partial charge in [0.05, 0.1) is 12.1 Å². The van der Waals surface area contributed by atoms with Crippen LogP contribution in [0.3, 0.4) is 0 Å². The van der Waals surface area contributed by atoms with Crippen molar-refractivity contribution in [2.24, 2.45) is 5.92 Å². The molecule has 0 aliphatic carbocycles. The standard InChI is InChI=1S/C19H19NO3/c1-12(2)7-8-21-19-15-10-18-17(22-11-23-18)9-14(15)13-5-3-4-6-16(13)20-19/h3-6,9-10,12H,7-8,11H2,1-2H3. The van der Waals surface area contributed by atoms with Crippen LogP contribution >= 0.6 is 0 Å². The second kappa shape index (κ2) is 5.61. The maximum Gasteiger partial charge on any atom is 0.231 e. The minimum absolute atomic E-state index is 0.264.